The zero-order chi connectivity index (χ0) is 18.5. The maximum atomic E-state index is 13.3. The highest BCUT2D eigenvalue weighted by molar-refractivity contribution is 6.10. The van der Waals surface area contributed by atoms with Crippen molar-refractivity contribution in [2.24, 2.45) is 0 Å². The van der Waals surface area contributed by atoms with Crippen LogP contribution in [0.15, 0.2) is 65.1 Å². The average molecular weight is 359 g/mol. The highest BCUT2D eigenvalue weighted by Gasteiger charge is 2.34. The molecule has 0 fully saturated rings. The zero-order valence-electron chi connectivity index (χ0n) is 13.6. The van der Waals surface area contributed by atoms with Gasteiger partial charge >= 0.3 is 6.18 Å². The number of anilines is 2. The first kappa shape index (κ1) is 16.4. The summed E-state index contributed by atoms with van der Waals surface area (Å²) in [6.45, 7) is 0. The monoisotopic (exact) mass is 359 g/mol. The molecule has 0 aliphatic carbocycles. The number of para-hydroxylation sites is 2. The Morgan fingerprint density at radius 1 is 0.808 bits per heavy atom. The van der Waals surface area contributed by atoms with E-state index in [4.69, 9.17) is 4.42 Å². The quantitative estimate of drug-likeness (QED) is 0.379. The van der Waals surface area contributed by atoms with Gasteiger partial charge in [0, 0.05) is 23.5 Å². The topological polar surface area (TPSA) is 16.4 Å². The lowest BCUT2D eigenvalue weighted by molar-refractivity contribution is -0.136. The molecule has 2 nitrogen and oxygen atoms in total. The summed E-state index contributed by atoms with van der Waals surface area (Å²) in [6, 6.07) is 15.1. The Bertz CT molecular complexity index is 1100. The highest BCUT2D eigenvalue weighted by atomic mass is 19.4. The number of alkyl halides is 3. The molecule has 0 unspecified atom stereocenters. The van der Waals surface area contributed by atoms with Crippen LogP contribution in [0.2, 0.25) is 0 Å². The average Bonchev–Trinajstić information content (AvgIpc) is 2.99. The first-order valence-electron chi connectivity index (χ1n) is 7.87. The molecule has 4 rings (SSSR count). The van der Waals surface area contributed by atoms with Crippen LogP contribution in [0.3, 0.4) is 0 Å². The molecule has 0 aliphatic rings. The van der Waals surface area contributed by atoms with Crippen molar-refractivity contribution in [3.63, 3.8) is 0 Å². The third kappa shape index (κ3) is 2.58. The van der Waals surface area contributed by atoms with Gasteiger partial charge in [-0.15, -0.1) is 0 Å². The van der Waals surface area contributed by atoms with Crippen LogP contribution in [-0.2, 0) is 6.18 Å². The van der Waals surface area contributed by atoms with Crippen molar-refractivity contribution in [2.45, 2.75) is 6.18 Å². The van der Waals surface area contributed by atoms with E-state index in [-0.39, 0.29) is 11.4 Å². The summed E-state index contributed by atoms with van der Waals surface area (Å²) < 4.78 is 58.7. The van der Waals surface area contributed by atoms with E-state index >= 15 is 0 Å². The van der Waals surface area contributed by atoms with Gasteiger partial charge in [-0.1, -0.05) is 24.3 Å². The Morgan fingerprint density at radius 2 is 1.42 bits per heavy atom. The lowest BCUT2D eigenvalue weighted by Crippen LogP contribution is -2.09. The minimum atomic E-state index is -4.50. The predicted octanol–water partition coefficient (Wildman–Crippen LogP) is 6.51. The molecular formula is C20H13F4NO. The number of hydrogen-bond acceptors (Lipinski definition) is 2. The molecule has 0 atom stereocenters. The Hall–Kier alpha value is -3.02. The standard InChI is InChI=1S/C20H13F4NO/c1-25(13-10-8-12(21)9-11-13)17-7-3-5-15-14-4-2-6-16(20(22,23)24)18(14)26-19(15)17/h2-11H,1H3. The molecule has 26 heavy (non-hydrogen) atoms. The van der Waals surface area contributed by atoms with Gasteiger partial charge in [0.1, 0.15) is 11.4 Å². The number of rotatable bonds is 2. The molecule has 0 radical (unpaired) electrons. The summed E-state index contributed by atoms with van der Waals surface area (Å²) in [5.41, 5.74) is 0.649. The second-order valence-corrected chi connectivity index (χ2v) is 5.97. The first-order chi connectivity index (χ1) is 12.4. The van der Waals surface area contributed by atoms with Crippen molar-refractivity contribution in [2.75, 3.05) is 11.9 Å². The molecule has 0 saturated carbocycles. The highest BCUT2D eigenvalue weighted by Crippen LogP contribution is 2.42. The van der Waals surface area contributed by atoms with Gasteiger partial charge in [-0.05, 0) is 36.4 Å². The van der Waals surface area contributed by atoms with E-state index in [1.165, 1.54) is 18.2 Å². The molecule has 3 aromatic carbocycles. The van der Waals surface area contributed by atoms with E-state index in [2.05, 4.69) is 0 Å². The summed E-state index contributed by atoms with van der Waals surface area (Å²) in [4.78, 5) is 1.75. The Morgan fingerprint density at radius 3 is 2.08 bits per heavy atom. The van der Waals surface area contributed by atoms with Crippen molar-refractivity contribution in [3.05, 3.63) is 72.0 Å². The smallest absolute Gasteiger partial charge is 0.420 e. The van der Waals surface area contributed by atoms with Crippen LogP contribution in [0.4, 0.5) is 28.9 Å². The predicted molar refractivity (Wildman–Crippen MR) is 93.2 cm³/mol. The van der Waals surface area contributed by atoms with Crippen LogP contribution < -0.4 is 4.90 Å². The SMILES string of the molecule is CN(c1ccc(F)cc1)c1cccc2c1oc1c(C(F)(F)F)cccc12. The van der Waals surface area contributed by atoms with Crippen LogP contribution in [0.1, 0.15) is 5.56 Å². The maximum absolute atomic E-state index is 13.3. The van der Waals surface area contributed by atoms with Crippen LogP contribution in [0.5, 0.6) is 0 Å². The van der Waals surface area contributed by atoms with Crippen LogP contribution in [-0.4, -0.2) is 7.05 Å². The summed E-state index contributed by atoms with van der Waals surface area (Å²) in [5, 5.41) is 1.00. The Balaban J connectivity index is 1.96. The fourth-order valence-corrected chi connectivity index (χ4v) is 3.10. The van der Waals surface area contributed by atoms with E-state index in [0.29, 0.717) is 27.7 Å². The lowest BCUT2D eigenvalue weighted by atomic mass is 10.1. The van der Waals surface area contributed by atoms with Crippen LogP contribution >= 0.6 is 0 Å². The van der Waals surface area contributed by atoms with E-state index < -0.39 is 11.7 Å². The molecule has 1 heterocycles. The molecule has 4 aromatic rings. The molecule has 0 amide bonds. The molecule has 6 heteroatoms. The number of furan rings is 1. The normalized spacial score (nSPS) is 12.0. The van der Waals surface area contributed by atoms with Crippen molar-refractivity contribution < 1.29 is 22.0 Å². The second-order valence-electron chi connectivity index (χ2n) is 5.97. The Kier molecular flexibility index (Phi) is 3.64. The molecule has 0 aliphatic heterocycles. The van der Waals surface area contributed by atoms with E-state index in [9.17, 15) is 17.6 Å². The van der Waals surface area contributed by atoms with Crippen LogP contribution in [0, 0.1) is 5.82 Å². The molecule has 0 N–H and O–H groups in total. The molecule has 0 spiro atoms. The molecular weight excluding hydrogens is 346 g/mol. The van der Waals surface area contributed by atoms with Crippen molar-refractivity contribution in [3.8, 4) is 0 Å². The van der Waals surface area contributed by atoms with Crippen molar-refractivity contribution >= 4 is 33.3 Å². The van der Waals surface area contributed by atoms with E-state index in [0.717, 1.165) is 6.07 Å². The van der Waals surface area contributed by atoms with Gasteiger partial charge in [-0.25, -0.2) is 4.39 Å². The van der Waals surface area contributed by atoms with E-state index in [1.807, 2.05) is 0 Å². The summed E-state index contributed by atoms with van der Waals surface area (Å²) in [6.07, 6.45) is -4.50. The number of nitrogens with zero attached hydrogens (tertiary/aromatic N) is 1. The minimum Gasteiger partial charge on any atom is -0.453 e. The summed E-state index contributed by atoms with van der Waals surface area (Å²) in [5.74, 6) is -0.362. The molecule has 0 bridgehead atoms. The fraction of sp³-hybridized carbons (Fsp3) is 0.100. The lowest BCUT2D eigenvalue weighted by Gasteiger charge is -2.19. The minimum absolute atomic E-state index is 0.185. The zero-order valence-corrected chi connectivity index (χ0v) is 13.6. The Labute approximate surface area is 146 Å². The number of benzene rings is 3. The first-order valence-corrected chi connectivity index (χ1v) is 7.87. The van der Waals surface area contributed by atoms with Gasteiger partial charge in [0.15, 0.2) is 5.58 Å². The maximum Gasteiger partial charge on any atom is 0.420 e. The van der Waals surface area contributed by atoms with Crippen molar-refractivity contribution in [1.29, 1.82) is 0 Å². The summed E-state index contributed by atoms with van der Waals surface area (Å²) in [7, 11) is 1.75. The van der Waals surface area contributed by atoms with Crippen LogP contribution in [0.25, 0.3) is 21.9 Å². The summed E-state index contributed by atoms with van der Waals surface area (Å²) >= 11 is 0. The van der Waals surface area contributed by atoms with E-state index in [1.54, 1.807) is 48.3 Å². The number of hydrogen-bond donors (Lipinski definition) is 0. The molecule has 1 aromatic heterocycles. The molecule has 0 saturated heterocycles. The number of halogens is 4. The van der Waals surface area contributed by atoms with Gasteiger partial charge in [0.05, 0.1) is 11.3 Å². The molecule has 132 valence electrons. The van der Waals surface area contributed by atoms with Gasteiger partial charge < -0.3 is 9.32 Å². The third-order valence-corrected chi connectivity index (χ3v) is 4.38. The third-order valence-electron chi connectivity index (χ3n) is 4.38. The van der Waals surface area contributed by atoms with Gasteiger partial charge in [-0.3, -0.25) is 0 Å². The number of fused-ring (bicyclic) bond motifs is 3. The van der Waals surface area contributed by atoms with Gasteiger partial charge in [-0.2, -0.15) is 13.2 Å². The van der Waals surface area contributed by atoms with Crippen molar-refractivity contribution in [1.82, 2.24) is 0 Å². The fourth-order valence-electron chi connectivity index (χ4n) is 3.10. The van der Waals surface area contributed by atoms with Gasteiger partial charge in [0.2, 0.25) is 0 Å². The second kappa shape index (κ2) is 5.76. The van der Waals surface area contributed by atoms with Gasteiger partial charge in [0.25, 0.3) is 0 Å². The largest absolute Gasteiger partial charge is 0.453 e.